The predicted octanol–water partition coefficient (Wildman–Crippen LogP) is 2.91. The molecule has 1 aromatic rings. The first-order valence-electron chi connectivity index (χ1n) is 10.5. The van der Waals surface area contributed by atoms with E-state index in [2.05, 4.69) is 16.0 Å². The van der Waals surface area contributed by atoms with Crippen LogP contribution >= 0.6 is 11.6 Å². The van der Waals surface area contributed by atoms with Gasteiger partial charge < -0.3 is 20.7 Å². The summed E-state index contributed by atoms with van der Waals surface area (Å²) in [4.78, 5) is 38.9. The van der Waals surface area contributed by atoms with E-state index in [-0.39, 0.29) is 41.9 Å². The van der Waals surface area contributed by atoms with Gasteiger partial charge in [-0.25, -0.2) is 0 Å². The van der Waals surface area contributed by atoms with Gasteiger partial charge in [0.1, 0.15) is 24.4 Å². The Morgan fingerprint density at radius 2 is 1.80 bits per heavy atom. The van der Waals surface area contributed by atoms with Crippen LogP contribution in [0.1, 0.15) is 57.8 Å². The number of hydrogen-bond donors (Lipinski definition) is 3. The molecule has 0 aliphatic carbocycles. The minimum atomic E-state index is -0.796. The van der Waals surface area contributed by atoms with Crippen molar-refractivity contribution in [2.24, 2.45) is 11.8 Å². The van der Waals surface area contributed by atoms with Crippen LogP contribution in [-0.2, 0) is 9.59 Å². The Hall–Kier alpha value is -2.28. The fraction of sp³-hybridized carbons (Fsp3) is 0.591. The van der Waals surface area contributed by atoms with E-state index in [9.17, 15) is 14.4 Å². The minimum Gasteiger partial charge on any atom is -0.491 e. The molecule has 0 bridgehead atoms. The molecular weight excluding hydrogens is 406 g/mol. The van der Waals surface area contributed by atoms with E-state index in [1.807, 2.05) is 34.6 Å². The Morgan fingerprint density at radius 3 is 2.43 bits per heavy atom. The first kappa shape index (κ1) is 24.0. The highest BCUT2D eigenvalue weighted by Crippen LogP contribution is 2.24. The lowest BCUT2D eigenvalue weighted by atomic mass is 9.96. The minimum absolute atomic E-state index is 0.135. The Balaban J connectivity index is 2.44. The van der Waals surface area contributed by atoms with Gasteiger partial charge in [-0.05, 0) is 43.4 Å². The first-order valence-corrected chi connectivity index (χ1v) is 10.8. The molecule has 0 saturated heterocycles. The first-order chi connectivity index (χ1) is 14.1. The third-order valence-corrected chi connectivity index (χ3v) is 5.42. The number of halogens is 1. The lowest BCUT2D eigenvalue weighted by Crippen LogP contribution is -2.56. The average Bonchev–Trinajstić information content (AvgIpc) is 2.68. The van der Waals surface area contributed by atoms with Gasteiger partial charge >= 0.3 is 0 Å². The molecule has 166 valence electrons. The van der Waals surface area contributed by atoms with Crippen molar-refractivity contribution in [3.8, 4) is 5.75 Å². The van der Waals surface area contributed by atoms with Crippen LogP contribution in [0.3, 0.4) is 0 Å². The van der Waals surface area contributed by atoms with Gasteiger partial charge in [0.15, 0.2) is 0 Å². The summed E-state index contributed by atoms with van der Waals surface area (Å²) in [5, 5.41) is 8.95. The van der Waals surface area contributed by atoms with Gasteiger partial charge in [-0.15, -0.1) is 0 Å². The summed E-state index contributed by atoms with van der Waals surface area (Å²) in [7, 11) is 0. The summed E-state index contributed by atoms with van der Waals surface area (Å²) in [6, 6.07) is 2.96. The normalized spacial score (nSPS) is 24.2. The number of amides is 3. The van der Waals surface area contributed by atoms with E-state index in [4.69, 9.17) is 16.3 Å². The van der Waals surface area contributed by atoms with Crippen LogP contribution in [0.25, 0.3) is 0 Å². The molecule has 0 unspecified atom stereocenters. The molecule has 30 heavy (non-hydrogen) atoms. The van der Waals surface area contributed by atoms with Gasteiger partial charge in [-0.1, -0.05) is 45.7 Å². The molecule has 7 nitrogen and oxygen atoms in total. The van der Waals surface area contributed by atoms with Crippen molar-refractivity contribution in [3.63, 3.8) is 0 Å². The van der Waals surface area contributed by atoms with Gasteiger partial charge in [0.25, 0.3) is 5.91 Å². The largest absolute Gasteiger partial charge is 0.491 e. The third kappa shape index (κ3) is 6.36. The van der Waals surface area contributed by atoms with Crippen molar-refractivity contribution >= 4 is 29.3 Å². The van der Waals surface area contributed by atoms with Gasteiger partial charge in [0.05, 0.1) is 11.6 Å². The zero-order valence-corrected chi connectivity index (χ0v) is 19.0. The SMILES string of the molecule is CC[C@H](C)[C@@H]1NC(=O)c2cc(Cl)ccc2OC[C@H](C)NC(=O)[C@H](CC(C)C)NC1=O. The maximum atomic E-state index is 13.1. The van der Waals surface area contributed by atoms with Gasteiger partial charge in [-0.3, -0.25) is 14.4 Å². The quantitative estimate of drug-likeness (QED) is 0.674. The van der Waals surface area contributed by atoms with Gasteiger partial charge in [0, 0.05) is 5.02 Å². The summed E-state index contributed by atoms with van der Waals surface area (Å²) >= 11 is 6.09. The van der Waals surface area contributed by atoms with Crippen molar-refractivity contribution in [3.05, 3.63) is 28.8 Å². The van der Waals surface area contributed by atoms with Crippen molar-refractivity contribution in [1.29, 1.82) is 0 Å². The molecule has 3 N–H and O–H groups in total. The maximum absolute atomic E-state index is 13.1. The van der Waals surface area contributed by atoms with Crippen LogP contribution in [0.2, 0.25) is 5.02 Å². The van der Waals surface area contributed by atoms with Crippen molar-refractivity contribution < 1.29 is 19.1 Å². The number of hydrogen-bond acceptors (Lipinski definition) is 4. The van der Waals surface area contributed by atoms with E-state index >= 15 is 0 Å². The zero-order valence-electron chi connectivity index (χ0n) is 18.3. The molecule has 0 fully saturated rings. The maximum Gasteiger partial charge on any atom is 0.255 e. The molecular formula is C22H32ClN3O4. The highest BCUT2D eigenvalue weighted by Gasteiger charge is 2.32. The summed E-state index contributed by atoms with van der Waals surface area (Å²) < 4.78 is 5.81. The Morgan fingerprint density at radius 1 is 1.10 bits per heavy atom. The van der Waals surface area contributed by atoms with Crippen LogP contribution < -0.4 is 20.7 Å². The molecule has 4 atom stereocenters. The van der Waals surface area contributed by atoms with Crippen LogP contribution in [0.4, 0.5) is 0 Å². The second kappa shape index (κ2) is 10.7. The summed E-state index contributed by atoms with van der Waals surface area (Å²) in [6.45, 7) is 9.79. The van der Waals surface area contributed by atoms with Crippen LogP contribution in [-0.4, -0.2) is 42.5 Å². The van der Waals surface area contributed by atoms with Crippen molar-refractivity contribution in [2.45, 2.75) is 65.6 Å². The molecule has 1 heterocycles. The van der Waals surface area contributed by atoms with Crippen LogP contribution in [0.15, 0.2) is 18.2 Å². The Labute approximate surface area is 183 Å². The fourth-order valence-corrected chi connectivity index (χ4v) is 3.46. The standard InChI is InChI=1S/C22H32ClN3O4/c1-6-13(4)19-22(29)25-17(9-12(2)3)21(28)24-14(5)11-30-18-8-7-15(23)10-16(18)20(27)26-19/h7-8,10,12-14,17,19H,6,9,11H2,1-5H3,(H,24,28)(H,25,29)(H,26,27)/t13-,14-,17-,19-/m0/s1. The second-order valence-electron chi connectivity index (χ2n) is 8.39. The Kier molecular flexibility index (Phi) is 8.53. The number of benzene rings is 1. The van der Waals surface area contributed by atoms with Crippen LogP contribution in [0, 0.1) is 11.8 Å². The molecule has 0 radical (unpaired) electrons. The van der Waals surface area contributed by atoms with E-state index in [0.29, 0.717) is 23.6 Å². The molecule has 2 rings (SSSR count). The molecule has 1 aliphatic heterocycles. The van der Waals surface area contributed by atoms with Gasteiger partial charge in [0.2, 0.25) is 11.8 Å². The molecule has 0 spiro atoms. The lowest BCUT2D eigenvalue weighted by molar-refractivity contribution is -0.131. The number of rotatable bonds is 4. The molecule has 0 saturated carbocycles. The topological polar surface area (TPSA) is 96.5 Å². The zero-order chi connectivity index (χ0) is 22.4. The fourth-order valence-electron chi connectivity index (χ4n) is 3.29. The molecule has 0 aromatic heterocycles. The van der Waals surface area contributed by atoms with Crippen molar-refractivity contribution in [2.75, 3.05) is 6.61 Å². The number of carbonyl (C=O) groups is 3. The molecule has 1 aliphatic rings. The highest BCUT2D eigenvalue weighted by atomic mass is 35.5. The van der Waals surface area contributed by atoms with E-state index < -0.39 is 18.0 Å². The number of carbonyl (C=O) groups excluding carboxylic acids is 3. The highest BCUT2D eigenvalue weighted by molar-refractivity contribution is 6.31. The monoisotopic (exact) mass is 437 g/mol. The Bertz CT molecular complexity index is 784. The third-order valence-electron chi connectivity index (χ3n) is 5.19. The van der Waals surface area contributed by atoms with Crippen LogP contribution in [0.5, 0.6) is 5.75 Å². The van der Waals surface area contributed by atoms with Crippen molar-refractivity contribution in [1.82, 2.24) is 16.0 Å². The van der Waals surface area contributed by atoms with E-state index in [0.717, 1.165) is 0 Å². The molecule has 8 heteroatoms. The lowest BCUT2D eigenvalue weighted by Gasteiger charge is -2.27. The smallest absolute Gasteiger partial charge is 0.255 e. The molecule has 1 aromatic carbocycles. The second-order valence-corrected chi connectivity index (χ2v) is 8.82. The van der Waals surface area contributed by atoms with E-state index in [1.54, 1.807) is 12.1 Å². The number of fused-ring (bicyclic) bond motifs is 1. The molecule has 3 amide bonds. The number of nitrogens with one attached hydrogen (secondary N) is 3. The van der Waals surface area contributed by atoms with E-state index in [1.165, 1.54) is 6.07 Å². The summed E-state index contributed by atoms with van der Waals surface area (Å²) in [5.74, 6) is -0.678. The number of ether oxygens (including phenoxy) is 1. The summed E-state index contributed by atoms with van der Waals surface area (Å²) in [6.07, 6.45) is 1.16. The summed E-state index contributed by atoms with van der Waals surface area (Å²) in [5.41, 5.74) is 0.250. The average molecular weight is 438 g/mol. The van der Waals surface area contributed by atoms with Gasteiger partial charge in [-0.2, -0.15) is 0 Å². The predicted molar refractivity (Wildman–Crippen MR) is 117 cm³/mol.